The van der Waals surface area contributed by atoms with E-state index in [4.69, 9.17) is 0 Å². The maximum absolute atomic E-state index is 12.1. The highest BCUT2D eigenvalue weighted by molar-refractivity contribution is 9.10. The van der Waals surface area contributed by atoms with Crippen molar-refractivity contribution < 1.29 is 4.79 Å². The molecule has 1 fully saturated rings. The molecule has 116 valence electrons. The molecule has 1 unspecified atom stereocenters. The van der Waals surface area contributed by atoms with Crippen LogP contribution in [0.15, 0.2) is 22.8 Å². The molecular formula is C15H23BrN4O. The number of aromatic nitrogens is 1. The molecule has 0 aliphatic carbocycles. The average Bonchev–Trinajstić information content (AvgIpc) is 2.94. The van der Waals surface area contributed by atoms with Gasteiger partial charge in [0.2, 0.25) is 5.91 Å². The highest BCUT2D eigenvalue weighted by atomic mass is 79.9. The predicted octanol–water partition coefficient (Wildman–Crippen LogP) is 2.25. The fourth-order valence-corrected chi connectivity index (χ4v) is 2.85. The van der Waals surface area contributed by atoms with Crippen LogP contribution in [0.1, 0.15) is 26.2 Å². The Morgan fingerprint density at radius 3 is 3.05 bits per heavy atom. The van der Waals surface area contributed by atoms with Gasteiger partial charge in [0.15, 0.2) is 0 Å². The number of carbonyl (C=O) groups excluding carboxylic acids is 1. The molecule has 5 nitrogen and oxygen atoms in total. The Morgan fingerprint density at radius 2 is 2.43 bits per heavy atom. The second-order valence-electron chi connectivity index (χ2n) is 5.44. The molecule has 1 atom stereocenters. The molecule has 2 N–H and O–H groups in total. The molecule has 21 heavy (non-hydrogen) atoms. The molecule has 0 bridgehead atoms. The Morgan fingerprint density at radius 1 is 1.57 bits per heavy atom. The van der Waals surface area contributed by atoms with E-state index in [0.717, 1.165) is 30.5 Å². The summed E-state index contributed by atoms with van der Waals surface area (Å²) in [6.07, 6.45) is 5.17. The van der Waals surface area contributed by atoms with Gasteiger partial charge in [-0.2, -0.15) is 0 Å². The lowest BCUT2D eigenvalue weighted by Crippen LogP contribution is -2.41. The number of hydrogen-bond acceptors (Lipinski definition) is 4. The van der Waals surface area contributed by atoms with Crippen LogP contribution in [-0.2, 0) is 4.79 Å². The average molecular weight is 355 g/mol. The highest BCUT2D eigenvalue weighted by Crippen LogP contribution is 2.11. The number of amides is 1. The van der Waals surface area contributed by atoms with E-state index in [0.29, 0.717) is 18.4 Å². The molecule has 1 amide bonds. The van der Waals surface area contributed by atoms with Crippen molar-refractivity contribution in [1.29, 1.82) is 0 Å². The number of anilines is 1. The minimum Gasteiger partial charge on any atom is -0.313 e. The zero-order valence-electron chi connectivity index (χ0n) is 12.4. The van der Waals surface area contributed by atoms with Crippen LogP contribution in [-0.4, -0.2) is 48.0 Å². The van der Waals surface area contributed by atoms with Crippen molar-refractivity contribution >= 4 is 27.7 Å². The molecule has 1 aliphatic heterocycles. The van der Waals surface area contributed by atoms with Gasteiger partial charge in [-0.05, 0) is 60.4 Å². The molecule has 1 aromatic heterocycles. The number of halogens is 1. The molecule has 1 saturated heterocycles. The van der Waals surface area contributed by atoms with Crippen molar-refractivity contribution in [3.63, 3.8) is 0 Å². The van der Waals surface area contributed by atoms with E-state index in [2.05, 4.69) is 43.4 Å². The first-order chi connectivity index (χ1) is 10.2. The van der Waals surface area contributed by atoms with Crippen LogP contribution in [0.4, 0.5) is 5.82 Å². The topological polar surface area (TPSA) is 57.3 Å². The highest BCUT2D eigenvalue weighted by Gasteiger charge is 2.19. The first kappa shape index (κ1) is 16.4. The van der Waals surface area contributed by atoms with Gasteiger partial charge in [-0.1, -0.05) is 6.92 Å². The summed E-state index contributed by atoms with van der Waals surface area (Å²) in [6, 6.07) is 4.19. The molecule has 0 saturated carbocycles. The van der Waals surface area contributed by atoms with Gasteiger partial charge in [-0.3, -0.25) is 9.69 Å². The van der Waals surface area contributed by atoms with Crippen molar-refractivity contribution in [2.45, 2.75) is 32.2 Å². The van der Waals surface area contributed by atoms with Gasteiger partial charge in [0.1, 0.15) is 5.82 Å². The monoisotopic (exact) mass is 354 g/mol. The van der Waals surface area contributed by atoms with Gasteiger partial charge in [-0.25, -0.2) is 4.98 Å². The van der Waals surface area contributed by atoms with Crippen LogP contribution >= 0.6 is 15.9 Å². The van der Waals surface area contributed by atoms with E-state index in [1.54, 1.807) is 12.3 Å². The summed E-state index contributed by atoms with van der Waals surface area (Å²) < 4.78 is 0.903. The van der Waals surface area contributed by atoms with Crippen LogP contribution in [0.25, 0.3) is 0 Å². The maximum atomic E-state index is 12.1. The van der Waals surface area contributed by atoms with Crippen molar-refractivity contribution in [1.82, 2.24) is 15.2 Å². The Labute approximate surface area is 134 Å². The number of pyridine rings is 1. The number of nitrogens with zero attached hydrogens (tertiary/aromatic N) is 2. The predicted molar refractivity (Wildman–Crippen MR) is 88.3 cm³/mol. The molecule has 0 spiro atoms. The van der Waals surface area contributed by atoms with E-state index in [9.17, 15) is 4.79 Å². The quantitative estimate of drug-likeness (QED) is 0.788. The van der Waals surface area contributed by atoms with Crippen LogP contribution in [0, 0.1) is 0 Å². The van der Waals surface area contributed by atoms with Crippen LogP contribution in [0.2, 0.25) is 0 Å². The smallest absolute Gasteiger partial charge is 0.239 e. The molecule has 1 aliphatic rings. The Kier molecular flexibility index (Phi) is 6.60. The second-order valence-corrected chi connectivity index (χ2v) is 6.35. The zero-order valence-corrected chi connectivity index (χ0v) is 14.0. The largest absolute Gasteiger partial charge is 0.313 e. The normalized spacial score (nSPS) is 18.1. The Balaban J connectivity index is 1.83. The lowest BCUT2D eigenvalue weighted by atomic mass is 10.2. The number of hydrogen-bond donors (Lipinski definition) is 2. The van der Waals surface area contributed by atoms with Gasteiger partial charge in [0.05, 0.1) is 6.54 Å². The lowest BCUT2D eigenvalue weighted by Gasteiger charge is -2.24. The van der Waals surface area contributed by atoms with Crippen LogP contribution < -0.4 is 10.6 Å². The second kappa shape index (κ2) is 8.46. The molecule has 0 radical (unpaired) electrons. The molecule has 2 heterocycles. The van der Waals surface area contributed by atoms with E-state index < -0.39 is 0 Å². The van der Waals surface area contributed by atoms with Gasteiger partial charge in [0.25, 0.3) is 0 Å². The number of nitrogens with one attached hydrogen (secondary N) is 2. The third-order valence-corrected chi connectivity index (χ3v) is 4.01. The van der Waals surface area contributed by atoms with Crippen LogP contribution in [0.5, 0.6) is 0 Å². The maximum Gasteiger partial charge on any atom is 0.239 e. The summed E-state index contributed by atoms with van der Waals surface area (Å²) in [5.41, 5.74) is 0. The van der Waals surface area contributed by atoms with E-state index in [-0.39, 0.29) is 5.91 Å². The van der Waals surface area contributed by atoms with E-state index in [1.165, 1.54) is 12.8 Å². The molecule has 0 aromatic carbocycles. The van der Waals surface area contributed by atoms with Gasteiger partial charge in [0, 0.05) is 23.3 Å². The molecule has 2 rings (SSSR count). The van der Waals surface area contributed by atoms with Crippen LogP contribution in [0.3, 0.4) is 0 Å². The van der Waals surface area contributed by atoms with Crippen molar-refractivity contribution in [3.05, 3.63) is 22.8 Å². The van der Waals surface area contributed by atoms with E-state index in [1.807, 2.05) is 6.07 Å². The fourth-order valence-electron chi connectivity index (χ4n) is 2.61. The summed E-state index contributed by atoms with van der Waals surface area (Å²) in [6.45, 7) is 5.54. The SMILES string of the molecule is CCCN(CC(=O)Nc1ccc(Br)cn1)CC1CCCN1. The fraction of sp³-hybridized carbons (Fsp3) is 0.600. The standard InChI is InChI=1S/C15H23BrN4O/c1-2-8-20(10-13-4-3-7-17-13)11-15(21)19-14-6-5-12(16)9-18-14/h5-6,9,13,17H,2-4,7-8,10-11H2,1H3,(H,18,19,21). The molecule has 1 aromatic rings. The summed E-state index contributed by atoms with van der Waals surface area (Å²) in [7, 11) is 0. The van der Waals surface area contributed by atoms with Gasteiger partial charge < -0.3 is 10.6 Å². The minimum absolute atomic E-state index is 0.00345. The first-order valence-corrected chi connectivity index (χ1v) is 8.34. The van der Waals surface area contributed by atoms with Gasteiger partial charge in [-0.15, -0.1) is 0 Å². The van der Waals surface area contributed by atoms with Gasteiger partial charge >= 0.3 is 0 Å². The van der Waals surface area contributed by atoms with E-state index >= 15 is 0 Å². The van der Waals surface area contributed by atoms with Crippen molar-refractivity contribution in [2.75, 3.05) is 31.5 Å². The summed E-state index contributed by atoms with van der Waals surface area (Å²) in [5, 5.41) is 6.33. The van der Waals surface area contributed by atoms with Crippen molar-refractivity contribution in [3.8, 4) is 0 Å². The summed E-state index contributed by atoms with van der Waals surface area (Å²) >= 11 is 3.33. The Hall–Kier alpha value is -0.980. The number of rotatable bonds is 7. The summed E-state index contributed by atoms with van der Waals surface area (Å²) in [4.78, 5) is 18.5. The molecular weight excluding hydrogens is 332 g/mol. The number of carbonyl (C=O) groups is 1. The third kappa shape index (κ3) is 5.73. The molecule has 6 heteroatoms. The minimum atomic E-state index is -0.00345. The zero-order chi connectivity index (χ0) is 15.1. The Bertz CT molecular complexity index is 445. The summed E-state index contributed by atoms with van der Waals surface area (Å²) in [5.74, 6) is 0.593. The lowest BCUT2D eigenvalue weighted by molar-refractivity contribution is -0.117. The van der Waals surface area contributed by atoms with Crippen molar-refractivity contribution in [2.24, 2.45) is 0 Å². The third-order valence-electron chi connectivity index (χ3n) is 3.54. The first-order valence-electron chi connectivity index (χ1n) is 7.54.